The third-order valence-corrected chi connectivity index (χ3v) is 3.42. The van der Waals surface area contributed by atoms with Crippen LogP contribution in [0.5, 0.6) is 0 Å². The van der Waals surface area contributed by atoms with Gasteiger partial charge in [0.2, 0.25) is 0 Å². The average molecular weight is 265 g/mol. The van der Waals surface area contributed by atoms with Gasteiger partial charge in [-0.2, -0.15) is 0 Å². The van der Waals surface area contributed by atoms with Crippen molar-refractivity contribution in [2.45, 2.75) is 13.8 Å². The fourth-order valence-electron chi connectivity index (χ4n) is 1.55. The highest BCUT2D eigenvalue weighted by Gasteiger charge is 2.15. The smallest absolute Gasteiger partial charge is 0.267 e. The molecular formula is C12H12FN3OS. The van der Waals surface area contributed by atoms with Crippen molar-refractivity contribution in [2.75, 3.05) is 11.1 Å². The molecule has 6 heteroatoms. The summed E-state index contributed by atoms with van der Waals surface area (Å²) in [7, 11) is 0. The molecule has 0 aliphatic carbocycles. The quantitative estimate of drug-likeness (QED) is 0.820. The molecule has 94 valence electrons. The Hall–Kier alpha value is -1.95. The minimum absolute atomic E-state index is 0.111. The van der Waals surface area contributed by atoms with Gasteiger partial charge in [-0.1, -0.05) is 0 Å². The predicted octanol–water partition coefficient (Wildman–Crippen LogP) is 2.73. The maximum Gasteiger partial charge on any atom is 0.267 e. The second-order valence-corrected chi connectivity index (χ2v) is 5.04. The molecule has 2 aromatic rings. The number of nitrogens with two attached hydrogens (primary N) is 1. The molecule has 0 saturated carbocycles. The number of aryl methyl sites for hydroxylation is 2. The van der Waals surface area contributed by atoms with Crippen LogP contribution in [0.25, 0.3) is 0 Å². The predicted molar refractivity (Wildman–Crippen MR) is 70.4 cm³/mol. The van der Waals surface area contributed by atoms with E-state index >= 15 is 0 Å². The van der Waals surface area contributed by atoms with Crippen LogP contribution in [0.1, 0.15) is 20.4 Å². The molecule has 0 fully saturated rings. The first-order chi connectivity index (χ1) is 8.47. The molecule has 0 saturated heterocycles. The van der Waals surface area contributed by atoms with E-state index in [0.29, 0.717) is 16.3 Å². The van der Waals surface area contributed by atoms with E-state index in [4.69, 9.17) is 5.73 Å². The van der Waals surface area contributed by atoms with Crippen molar-refractivity contribution in [2.24, 2.45) is 0 Å². The summed E-state index contributed by atoms with van der Waals surface area (Å²) in [5.41, 5.74) is 6.51. The fourth-order valence-corrected chi connectivity index (χ4v) is 2.37. The second-order valence-electron chi connectivity index (χ2n) is 3.84. The minimum Gasteiger partial charge on any atom is -0.399 e. The van der Waals surface area contributed by atoms with Crippen LogP contribution >= 0.6 is 11.3 Å². The van der Waals surface area contributed by atoms with Gasteiger partial charge in [0.25, 0.3) is 5.91 Å². The summed E-state index contributed by atoms with van der Waals surface area (Å²) in [4.78, 5) is 16.6. The molecule has 0 aliphatic rings. The van der Waals surface area contributed by atoms with Gasteiger partial charge in [-0.25, -0.2) is 9.37 Å². The van der Waals surface area contributed by atoms with E-state index in [1.165, 1.54) is 29.5 Å². The van der Waals surface area contributed by atoms with E-state index < -0.39 is 5.82 Å². The number of nitrogens with zero attached hydrogens (tertiary/aromatic N) is 1. The molecule has 1 heterocycles. The molecule has 18 heavy (non-hydrogen) atoms. The number of nitrogens with one attached hydrogen (secondary N) is 1. The summed E-state index contributed by atoms with van der Waals surface area (Å²) >= 11 is 1.28. The van der Waals surface area contributed by atoms with Gasteiger partial charge in [0.1, 0.15) is 10.7 Å². The van der Waals surface area contributed by atoms with Crippen LogP contribution in [-0.4, -0.2) is 10.9 Å². The summed E-state index contributed by atoms with van der Waals surface area (Å²) in [6.07, 6.45) is 0. The van der Waals surface area contributed by atoms with Crippen molar-refractivity contribution in [3.8, 4) is 0 Å². The number of thiazole rings is 1. The minimum atomic E-state index is -0.553. The van der Waals surface area contributed by atoms with Gasteiger partial charge < -0.3 is 11.1 Å². The lowest BCUT2D eigenvalue weighted by atomic mass is 10.2. The molecule has 0 bridgehead atoms. The monoisotopic (exact) mass is 265 g/mol. The molecule has 4 nitrogen and oxygen atoms in total. The van der Waals surface area contributed by atoms with Crippen LogP contribution in [0.2, 0.25) is 0 Å². The molecule has 0 spiro atoms. The zero-order valence-corrected chi connectivity index (χ0v) is 10.8. The summed E-state index contributed by atoms with van der Waals surface area (Å²) in [6, 6.07) is 4.13. The average Bonchev–Trinajstić information content (AvgIpc) is 2.62. The van der Waals surface area contributed by atoms with Gasteiger partial charge >= 0.3 is 0 Å². The first-order valence-corrected chi connectivity index (χ1v) is 6.09. The maximum atomic E-state index is 13.5. The summed E-state index contributed by atoms with van der Waals surface area (Å²) in [5.74, 6) is -0.913. The van der Waals surface area contributed by atoms with E-state index in [1.54, 1.807) is 6.92 Å². The van der Waals surface area contributed by atoms with Crippen molar-refractivity contribution < 1.29 is 9.18 Å². The number of halogens is 1. The Morgan fingerprint density at radius 2 is 2.17 bits per heavy atom. The highest BCUT2D eigenvalue weighted by atomic mass is 32.1. The zero-order valence-electron chi connectivity index (χ0n) is 9.95. The zero-order chi connectivity index (χ0) is 13.3. The van der Waals surface area contributed by atoms with Gasteiger partial charge in [0.05, 0.1) is 16.4 Å². The third kappa shape index (κ3) is 2.48. The topological polar surface area (TPSA) is 68.0 Å². The van der Waals surface area contributed by atoms with Crippen LogP contribution in [0.4, 0.5) is 15.8 Å². The SMILES string of the molecule is Cc1nc(C)c(C(=O)Nc2ccc(N)cc2F)s1. The Kier molecular flexibility index (Phi) is 3.29. The number of benzene rings is 1. The molecule has 0 atom stereocenters. The van der Waals surface area contributed by atoms with Crippen LogP contribution in [0.3, 0.4) is 0 Å². The number of nitrogen functional groups attached to an aromatic ring is 1. The Balaban J connectivity index is 2.24. The molecule has 2 rings (SSSR count). The van der Waals surface area contributed by atoms with Gasteiger partial charge in [-0.3, -0.25) is 4.79 Å². The standard InChI is InChI=1S/C12H12FN3OS/c1-6-11(18-7(2)15-6)12(17)16-10-4-3-8(14)5-9(10)13/h3-5H,14H2,1-2H3,(H,16,17). The van der Waals surface area contributed by atoms with E-state index in [-0.39, 0.29) is 11.6 Å². The first-order valence-electron chi connectivity index (χ1n) is 5.28. The first kappa shape index (κ1) is 12.5. The van der Waals surface area contributed by atoms with Crippen molar-refractivity contribution in [1.29, 1.82) is 0 Å². The number of hydrogen-bond acceptors (Lipinski definition) is 4. The Bertz CT molecular complexity index is 609. The number of anilines is 2. The summed E-state index contributed by atoms with van der Waals surface area (Å²) in [6.45, 7) is 3.57. The molecule has 1 amide bonds. The number of hydrogen-bond donors (Lipinski definition) is 2. The Morgan fingerprint density at radius 1 is 1.44 bits per heavy atom. The molecule has 3 N–H and O–H groups in total. The highest BCUT2D eigenvalue weighted by Crippen LogP contribution is 2.21. The van der Waals surface area contributed by atoms with Crippen LogP contribution < -0.4 is 11.1 Å². The van der Waals surface area contributed by atoms with Gasteiger partial charge in [-0.05, 0) is 32.0 Å². The molecule has 0 unspecified atom stereocenters. The Labute approximate surface area is 108 Å². The lowest BCUT2D eigenvalue weighted by molar-refractivity contribution is 0.102. The summed E-state index contributed by atoms with van der Waals surface area (Å²) in [5, 5.41) is 3.31. The van der Waals surface area contributed by atoms with Gasteiger partial charge in [0, 0.05) is 5.69 Å². The van der Waals surface area contributed by atoms with Crippen LogP contribution in [0, 0.1) is 19.7 Å². The fraction of sp³-hybridized carbons (Fsp3) is 0.167. The summed E-state index contributed by atoms with van der Waals surface area (Å²) < 4.78 is 13.5. The molecule has 0 aliphatic heterocycles. The van der Waals surface area contributed by atoms with Gasteiger partial charge in [0.15, 0.2) is 0 Å². The van der Waals surface area contributed by atoms with Crippen molar-refractivity contribution >= 4 is 28.6 Å². The van der Waals surface area contributed by atoms with Crippen molar-refractivity contribution in [3.05, 3.63) is 39.6 Å². The normalized spacial score (nSPS) is 10.4. The number of rotatable bonds is 2. The number of carbonyl (C=O) groups excluding carboxylic acids is 1. The number of aromatic nitrogens is 1. The van der Waals surface area contributed by atoms with E-state index in [1.807, 2.05) is 6.92 Å². The Morgan fingerprint density at radius 3 is 2.72 bits per heavy atom. The largest absolute Gasteiger partial charge is 0.399 e. The van der Waals surface area contributed by atoms with E-state index in [2.05, 4.69) is 10.3 Å². The third-order valence-electron chi connectivity index (χ3n) is 2.35. The molecule has 0 radical (unpaired) electrons. The van der Waals surface area contributed by atoms with Crippen LogP contribution in [0.15, 0.2) is 18.2 Å². The molecule has 1 aromatic heterocycles. The van der Waals surface area contributed by atoms with E-state index in [0.717, 1.165) is 5.01 Å². The maximum absolute atomic E-state index is 13.5. The lowest BCUT2D eigenvalue weighted by Gasteiger charge is -2.05. The number of carbonyl (C=O) groups is 1. The van der Waals surface area contributed by atoms with Crippen molar-refractivity contribution in [3.63, 3.8) is 0 Å². The number of amides is 1. The highest BCUT2D eigenvalue weighted by molar-refractivity contribution is 7.13. The second kappa shape index (κ2) is 4.73. The van der Waals surface area contributed by atoms with Crippen LogP contribution in [-0.2, 0) is 0 Å². The molecule has 1 aromatic carbocycles. The van der Waals surface area contributed by atoms with Crippen molar-refractivity contribution in [1.82, 2.24) is 4.98 Å². The van der Waals surface area contributed by atoms with E-state index in [9.17, 15) is 9.18 Å². The lowest BCUT2D eigenvalue weighted by Crippen LogP contribution is -2.12. The van der Waals surface area contributed by atoms with Gasteiger partial charge in [-0.15, -0.1) is 11.3 Å². The molecular weight excluding hydrogens is 253 g/mol.